The molecule has 5 atom stereocenters. The van der Waals surface area contributed by atoms with Gasteiger partial charge in [-0.15, -0.1) is 0 Å². The number of ether oxygens (including phenoxy) is 3. The Balaban J connectivity index is 0.000000277. The van der Waals surface area contributed by atoms with Gasteiger partial charge in [-0.2, -0.15) is 0 Å². The molecule has 3 aliphatic heterocycles. The number of carbonyl (C=O) groups excluding carboxylic acids is 4. The van der Waals surface area contributed by atoms with E-state index in [0.717, 1.165) is 122 Å². The number of benzene rings is 6. The van der Waals surface area contributed by atoms with Gasteiger partial charge in [0.1, 0.15) is 59.6 Å². The predicted molar refractivity (Wildman–Crippen MR) is 444 cm³/mol. The number of amides is 3. The van der Waals surface area contributed by atoms with Crippen molar-refractivity contribution in [2.45, 2.75) is 158 Å². The number of halogens is 5. The Hall–Kier alpha value is -5.60. The minimum absolute atomic E-state index is 0. The molecule has 0 saturated carbocycles. The van der Waals surface area contributed by atoms with E-state index in [1.165, 1.54) is 81.5 Å². The number of rotatable bonds is 5. The number of nitrogens with two attached hydrogens (primary N) is 4. The van der Waals surface area contributed by atoms with Crippen molar-refractivity contribution in [3.8, 4) is 16.9 Å². The third-order valence-corrected chi connectivity index (χ3v) is 22.6. The fraction of sp³-hybridized carbons (Fsp3) is 0.362. The standard InChI is InChI=1S/C16H16N4O.C12H11BrN2O2.C12H13BrN2O.C12H14BrNO2.C11H14BrNO.C10H9BrO.C4H4BN2O2.CN.2CH4.B.K.Na.H/c17-15-20-16(9-21-15)4-3-11-1-2-12(5-13(11)6-16)14-7-18-10-19-8-14;13-9-2-1-7-3-4-12(6-8(7)5-9)10(16)14-11(17)15-12;13-10-2-1-8-3-4-12(6-9(8)5-10)7-16-11(14)15-12;1-16-11(15)12(14)5-4-8-2-3-10(13)6-9(8)7-12;12-10-2-1-8-3-4-11(13,7-14)6-9(8)5-10;11-9-3-1-7-2-4-10(12)6-8(7)5-9;8-5-9-4-1-6-3-7-2-4;1-2;;;;;;/h1-2,5,7-8,10H,3-4,6,9H2,(H2,17,20);1-2,5H,3-4,6H2,(H2,14,15,16,17);1-2,5H,3-4,6-7H2,(H2,14,15);2-3,6H,4-5,7,14H2,1H3;1-2,5,14H,3-4,6-7,13H2;1,3,5H,2,4,6H2;1-3,8H;;2*1H4;;;;/q;;;;;;;-1;;;;2*+1;-1. The maximum absolute atomic E-state index is 11.9. The molecule has 0 bridgehead atoms. The van der Waals surface area contributed by atoms with E-state index in [4.69, 9.17) is 54.0 Å². The number of esters is 1. The van der Waals surface area contributed by atoms with Crippen LogP contribution in [0.25, 0.3) is 11.1 Å². The fourth-order valence-corrected chi connectivity index (χ4v) is 16.5. The molecule has 1 saturated heterocycles. The van der Waals surface area contributed by atoms with Crippen LogP contribution in [0.5, 0.6) is 5.75 Å². The molecule has 5 heterocycles. The molecule has 3 amide bonds. The number of ketones is 1. The minimum Gasteiger partial charge on any atom is -1.00 e. The maximum Gasteiger partial charge on any atom is 1.00 e. The summed E-state index contributed by atoms with van der Waals surface area (Å²) >= 11 is 17.2. The molecular weight excluding hydrogens is 1790 g/mol. The number of aryl methyl sites for hydroxylation is 6. The third kappa shape index (κ3) is 25.9. The summed E-state index contributed by atoms with van der Waals surface area (Å²) in [5.74, 6) is 0.256. The Morgan fingerprint density at radius 3 is 1.42 bits per heavy atom. The van der Waals surface area contributed by atoms with Gasteiger partial charge in [0.05, 0.1) is 26.1 Å². The van der Waals surface area contributed by atoms with Crippen LogP contribution < -0.4 is 119 Å². The molecule has 32 heteroatoms. The molecule has 112 heavy (non-hydrogen) atoms. The van der Waals surface area contributed by atoms with Crippen LogP contribution in [0.2, 0.25) is 0 Å². The van der Waals surface area contributed by atoms with Gasteiger partial charge in [0, 0.05) is 92.8 Å². The van der Waals surface area contributed by atoms with Gasteiger partial charge in [-0.1, -0.05) is 143 Å². The van der Waals surface area contributed by atoms with Crippen LogP contribution >= 0.6 is 79.6 Å². The van der Waals surface area contributed by atoms with E-state index in [-0.39, 0.29) is 141 Å². The number of aliphatic hydroxyl groups excluding tert-OH is 1. The topological polar surface area (TPSA) is 374 Å². The Morgan fingerprint density at radius 1 is 0.562 bits per heavy atom. The first-order valence-corrected chi connectivity index (χ1v) is 38.6. The van der Waals surface area contributed by atoms with Crippen molar-refractivity contribution in [1.29, 1.82) is 5.26 Å². The number of hydrogen-bond donors (Lipinski definition) is 8. The number of Topliss-reactive ketones (excluding diaryl/α,β-unsaturated/α-hetero) is 1. The second kappa shape index (κ2) is 44.6. The number of hydrogen-bond acceptors (Lipinski definition) is 21. The van der Waals surface area contributed by atoms with Crippen LogP contribution in [0.4, 0.5) is 4.79 Å². The zero-order valence-electron chi connectivity index (χ0n) is 62.4. The maximum atomic E-state index is 11.9. The summed E-state index contributed by atoms with van der Waals surface area (Å²) in [7, 11) is 1.96. The number of urea groups is 1. The van der Waals surface area contributed by atoms with Gasteiger partial charge < -0.3 is 70.5 Å². The smallest absolute Gasteiger partial charge is 1.00 e. The summed E-state index contributed by atoms with van der Waals surface area (Å²) < 4.78 is 25.2. The molecule has 8 aromatic rings. The Morgan fingerprint density at radius 2 is 0.973 bits per heavy atom. The van der Waals surface area contributed by atoms with Crippen LogP contribution in [0.1, 0.15) is 122 Å². The first-order valence-electron chi connectivity index (χ1n) is 34.6. The number of carbonyl (C=O) groups is 4. The second-order valence-electron chi connectivity index (χ2n) is 27.7. The summed E-state index contributed by atoms with van der Waals surface area (Å²) in [6, 6.07) is 38.0. The average Bonchev–Trinajstić information content (AvgIpc) is 1.65. The number of fused-ring (bicyclic) bond motifs is 6. The predicted octanol–water partition coefficient (Wildman–Crippen LogP) is 5.69. The molecule has 578 valence electrons. The van der Waals surface area contributed by atoms with Crippen molar-refractivity contribution in [2.75, 3.05) is 26.9 Å². The molecule has 6 aromatic carbocycles. The molecule has 17 rings (SSSR count). The third-order valence-electron chi connectivity index (χ3n) is 20.2. The van der Waals surface area contributed by atoms with Gasteiger partial charge >= 0.3 is 101 Å². The number of aromatic nitrogens is 4. The minimum atomic E-state index is -0.859. The number of aliphatic hydroxyl groups is 1. The van der Waals surface area contributed by atoms with Gasteiger partial charge in [0.15, 0.2) is 0 Å². The van der Waals surface area contributed by atoms with Crippen molar-refractivity contribution < 1.29 is 131 Å². The monoisotopic (exact) mass is 1870 g/mol. The van der Waals surface area contributed by atoms with Crippen molar-refractivity contribution >= 4 is 131 Å². The van der Waals surface area contributed by atoms with Gasteiger partial charge in [0.2, 0.25) is 0 Å². The fourth-order valence-electron chi connectivity index (χ4n) is 14.5. The average molecular weight is 1880 g/mol. The first kappa shape index (κ1) is 97.0. The Bertz CT molecular complexity index is 4660. The largest absolute Gasteiger partial charge is 1.00 e. The molecule has 6 aliphatic carbocycles. The SMILES string of the molecule is C.C.COC(=O)C1(N)CCc2ccc(Br)cc2C1.NC1(CO)CCc2ccc(Br)cc2C1.NC1=NC2(CCc3ccc(-c4cncnc4)cc3C2)CO1.NC1=NC2(CCc3ccc(Br)cc3C2)CO1.O=C1CCc2ccc(Br)cc2C1.O=C1NC(=O)C2(CCc3ccc(Br)cc3C2)N1.O[B]Oc1cncnc1.[B].[C-]#N.[H-].[K+].[Na+]. The first-order chi connectivity index (χ1) is 51.4. The molecule has 2 aromatic heterocycles. The number of amidine groups is 2. The zero-order chi connectivity index (χ0) is 76.5. The van der Waals surface area contributed by atoms with Crippen LogP contribution in [-0.2, 0) is 106 Å². The molecule has 23 nitrogen and oxygen atoms in total. The second-order valence-corrected chi connectivity index (χ2v) is 32.2. The van der Waals surface area contributed by atoms with Crippen LogP contribution in [-0.4, -0.2) is 137 Å². The number of nitrogens with one attached hydrogen (secondary N) is 2. The van der Waals surface area contributed by atoms with E-state index in [1.54, 1.807) is 6.33 Å². The number of aliphatic imine (C=N–C) groups is 2. The molecule has 3 spiro atoms. The summed E-state index contributed by atoms with van der Waals surface area (Å²) in [5, 5.41) is 28.7. The zero-order valence-corrected chi connectivity index (χ0v) is 74.4. The van der Waals surface area contributed by atoms with E-state index < -0.39 is 16.6 Å². The van der Waals surface area contributed by atoms with Crippen LogP contribution in [0, 0.1) is 11.8 Å². The number of nitrogens with zero attached hydrogens (tertiary/aromatic N) is 7. The quantitative estimate of drug-likeness (QED) is 0.0444. The van der Waals surface area contributed by atoms with E-state index in [0.29, 0.717) is 83.0 Å². The number of methoxy groups -OCH3 is 1. The summed E-state index contributed by atoms with van der Waals surface area (Å²) in [5.41, 5.74) is 38.8. The molecule has 1 fully saturated rings. The van der Waals surface area contributed by atoms with E-state index >= 15 is 0 Å². The van der Waals surface area contributed by atoms with Gasteiger partial charge in [-0.05, 0) is 210 Å². The van der Waals surface area contributed by atoms with Gasteiger partial charge in [0.25, 0.3) is 18.0 Å². The Labute approximate surface area is 766 Å². The van der Waals surface area contributed by atoms with E-state index in [2.05, 4.69) is 198 Å². The van der Waals surface area contributed by atoms with Crippen molar-refractivity contribution in [2.24, 2.45) is 32.9 Å². The van der Waals surface area contributed by atoms with E-state index in [9.17, 15) is 24.3 Å². The van der Waals surface area contributed by atoms with Crippen molar-refractivity contribution in [3.05, 3.63) is 242 Å². The van der Waals surface area contributed by atoms with Crippen molar-refractivity contribution in [1.82, 2.24) is 30.6 Å². The summed E-state index contributed by atoms with van der Waals surface area (Å²) in [6.07, 6.45) is 24.3. The van der Waals surface area contributed by atoms with Crippen LogP contribution in [0.3, 0.4) is 0 Å². The molecule has 12 N–H and O–H groups in total. The number of imide groups is 1. The molecular formula is C80H90B2Br5KN13NaO10. The summed E-state index contributed by atoms with van der Waals surface area (Å²) in [4.78, 5) is 70.3. The molecule has 4 radical (unpaired) electrons. The molecule has 5 unspecified atom stereocenters. The summed E-state index contributed by atoms with van der Waals surface area (Å²) in [6.45, 7) is 6.04. The van der Waals surface area contributed by atoms with Crippen LogP contribution in [0.15, 0.2) is 179 Å². The van der Waals surface area contributed by atoms with Gasteiger partial charge in [-0.25, -0.2) is 34.7 Å². The normalized spacial score (nSPS) is 21.4. The van der Waals surface area contributed by atoms with Gasteiger partial charge in [-0.3, -0.25) is 19.7 Å². The Kier molecular flexibility index (Phi) is 38.7. The van der Waals surface area contributed by atoms with E-state index in [1.807, 2.05) is 48.8 Å². The molecule has 9 aliphatic rings. The van der Waals surface area contributed by atoms with Crippen molar-refractivity contribution in [3.63, 3.8) is 0 Å².